The molecule has 2 atom stereocenters. The van der Waals surface area contributed by atoms with Crippen LogP contribution >= 0.6 is 11.3 Å². The zero-order valence-electron chi connectivity index (χ0n) is 27.3. The lowest BCUT2D eigenvalue weighted by Crippen LogP contribution is -2.67. The Kier molecular flexibility index (Phi) is 9.20. The first-order chi connectivity index (χ1) is 21.9. The van der Waals surface area contributed by atoms with Crippen LogP contribution in [-0.4, -0.2) is 76.0 Å². The number of hydrogen-bond donors (Lipinski definition) is 4. The van der Waals surface area contributed by atoms with Crippen molar-refractivity contribution >= 4 is 39.5 Å². The minimum absolute atomic E-state index is 0.137. The van der Waals surface area contributed by atoms with Crippen LogP contribution in [0, 0.1) is 17.3 Å². The molecule has 2 aromatic heterocycles. The predicted molar refractivity (Wildman–Crippen MR) is 179 cm³/mol. The van der Waals surface area contributed by atoms with Crippen molar-refractivity contribution in [3.63, 3.8) is 0 Å². The number of thiazole rings is 1. The van der Waals surface area contributed by atoms with E-state index in [1.807, 2.05) is 25.1 Å². The molecule has 1 aliphatic carbocycles. The van der Waals surface area contributed by atoms with Gasteiger partial charge < -0.3 is 26.0 Å². The molecule has 4 N–H and O–H groups in total. The number of carbonyl (C=O) groups excluding carboxylic acids is 2. The van der Waals surface area contributed by atoms with Gasteiger partial charge in [-0.05, 0) is 99.2 Å². The Bertz CT molecular complexity index is 1620. The maximum absolute atomic E-state index is 13.8. The largest absolute Gasteiger partial charge is 0.481 e. The number of amides is 2. The maximum Gasteiger partial charge on any atom is 0.306 e. The van der Waals surface area contributed by atoms with Crippen LogP contribution in [0.4, 0.5) is 0 Å². The first kappa shape index (κ1) is 32.5. The Balaban J connectivity index is 1.20. The van der Waals surface area contributed by atoms with Gasteiger partial charge in [-0.3, -0.25) is 14.4 Å². The van der Waals surface area contributed by atoms with Crippen LogP contribution in [0.25, 0.3) is 10.3 Å². The number of carboxylic acid groups (broad SMARTS) is 1. The Labute approximate surface area is 274 Å². The monoisotopic (exact) mass is 646 g/mol. The van der Waals surface area contributed by atoms with E-state index in [0.717, 1.165) is 54.0 Å². The average molecular weight is 647 g/mol. The molecular weight excluding hydrogens is 600 g/mol. The van der Waals surface area contributed by atoms with Crippen LogP contribution in [0.3, 0.4) is 0 Å². The fourth-order valence-corrected chi connectivity index (χ4v) is 7.78. The van der Waals surface area contributed by atoms with Crippen molar-refractivity contribution in [1.29, 1.82) is 0 Å². The third-order valence-corrected chi connectivity index (χ3v) is 11.1. The van der Waals surface area contributed by atoms with E-state index in [4.69, 9.17) is 9.97 Å². The van der Waals surface area contributed by atoms with Crippen molar-refractivity contribution in [2.24, 2.45) is 17.3 Å². The lowest BCUT2D eigenvalue weighted by molar-refractivity contribution is -0.143. The van der Waals surface area contributed by atoms with Crippen LogP contribution in [0.1, 0.15) is 96.4 Å². The average Bonchev–Trinajstić information content (AvgIpc) is 3.43. The SMILES string of the molecule is CC1(NC(=O)c2cccc([C@@H](CCN3CCC(C(=O)O)CC3)NC(=O)c3nc4cc5c(nc4s3)CC[C@H](C(C)(C)C)C5)c2)CNC1. The number of nitrogens with zero attached hydrogens (tertiary/aromatic N) is 3. The minimum atomic E-state index is -0.730. The summed E-state index contributed by atoms with van der Waals surface area (Å²) in [6, 6.07) is 9.24. The molecule has 2 saturated heterocycles. The summed E-state index contributed by atoms with van der Waals surface area (Å²) in [6.07, 6.45) is 4.89. The zero-order chi connectivity index (χ0) is 32.6. The van der Waals surface area contributed by atoms with Gasteiger partial charge in [0.1, 0.15) is 10.3 Å². The molecule has 0 unspecified atom stereocenters. The smallest absolute Gasteiger partial charge is 0.306 e. The number of aliphatic carboxylic acids is 1. The van der Waals surface area contributed by atoms with Gasteiger partial charge in [0.15, 0.2) is 5.01 Å². The van der Waals surface area contributed by atoms with Crippen LogP contribution in [0.15, 0.2) is 30.3 Å². The van der Waals surface area contributed by atoms with Gasteiger partial charge in [0.05, 0.1) is 17.5 Å². The molecule has 246 valence electrons. The number of hydrogen-bond acceptors (Lipinski definition) is 8. The van der Waals surface area contributed by atoms with E-state index in [-0.39, 0.29) is 34.7 Å². The van der Waals surface area contributed by atoms with Gasteiger partial charge in [0.2, 0.25) is 0 Å². The van der Waals surface area contributed by atoms with Gasteiger partial charge in [-0.1, -0.05) is 44.2 Å². The highest BCUT2D eigenvalue weighted by Gasteiger charge is 2.34. The number of nitrogens with one attached hydrogen (secondary N) is 3. The molecule has 0 saturated carbocycles. The molecule has 46 heavy (non-hydrogen) atoms. The summed E-state index contributed by atoms with van der Waals surface area (Å²) < 4.78 is 0. The summed E-state index contributed by atoms with van der Waals surface area (Å²) in [4.78, 5) is 51.1. The summed E-state index contributed by atoms with van der Waals surface area (Å²) in [6.45, 7) is 12.5. The van der Waals surface area contributed by atoms with Crippen LogP contribution in [0.2, 0.25) is 0 Å². The number of piperidine rings is 1. The maximum atomic E-state index is 13.8. The predicted octanol–water partition coefficient (Wildman–Crippen LogP) is 4.59. The zero-order valence-corrected chi connectivity index (χ0v) is 28.1. The fourth-order valence-electron chi connectivity index (χ4n) is 6.94. The Morgan fingerprint density at radius 3 is 2.54 bits per heavy atom. The van der Waals surface area contributed by atoms with E-state index in [1.54, 1.807) is 6.07 Å². The molecule has 3 aromatic rings. The minimum Gasteiger partial charge on any atom is -0.481 e. The standard InChI is InChI=1S/C35H46N6O4S/c1-34(2,3)25-8-9-26-24(17-25)18-28-31(38-26)46-32(39-28)30(43)37-27(12-15-41-13-10-21(11-14-41)33(44)45)22-6-5-7-23(16-22)29(42)40-35(4)19-36-20-35/h5-7,16,18,21,25,27,36H,8-15,17,19-20H2,1-4H3,(H,37,43)(H,40,42)(H,44,45)/t25-,27+/m0/s1. The van der Waals surface area contributed by atoms with Crippen molar-refractivity contribution in [1.82, 2.24) is 30.8 Å². The lowest BCUT2D eigenvalue weighted by atomic mass is 9.71. The number of pyridine rings is 1. The van der Waals surface area contributed by atoms with Crippen LogP contribution < -0.4 is 16.0 Å². The lowest BCUT2D eigenvalue weighted by Gasteiger charge is -2.40. The normalized spacial score (nSPS) is 20.8. The van der Waals surface area contributed by atoms with Crippen LogP contribution in [0.5, 0.6) is 0 Å². The van der Waals surface area contributed by atoms with Gasteiger partial charge in [0.25, 0.3) is 11.8 Å². The van der Waals surface area contributed by atoms with Crippen molar-refractivity contribution in [2.75, 3.05) is 32.7 Å². The number of rotatable bonds is 9. The Morgan fingerprint density at radius 1 is 1.11 bits per heavy atom. The van der Waals surface area contributed by atoms with E-state index in [0.29, 0.717) is 55.4 Å². The highest BCUT2D eigenvalue weighted by molar-refractivity contribution is 7.19. The third-order valence-electron chi connectivity index (χ3n) is 10.1. The third kappa shape index (κ3) is 7.26. The first-order valence-electron chi connectivity index (χ1n) is 16.6. The van der Waals surface area contributed by atoms with Gasteiger partial charge >= 0.3 is 5.97 Å². The fraction of sp³-hybridized carbons (Fsp3) is 0.571. The van der Waals surface area contributed by atoms with Crippen molar-refractivity contribution in [2.45, 2.75) is 77.8 Å². The Hall–Kier alpha value is -3.41. The molecule has 0 radical (unpaired) electrons. The van der Waals surface area contributed by atoms with E-state index in [9.17, 15) is 19.5 Å². The van der Waals surface area contributed by atoms with Crippen molar-refractivity contribution in [3.8, 4) is 0 Å². The molecule has 2 aliphatic heterocycles. The van der Waals surface area contributed by atoms with Gasteiger partial charge in [-0.15, -0.1) is 0 Å². The number of likely N-dealkylation sites (tertiary alicyclic amines) is 1. The molecule has 2 fully saturated rings. The van der Waals surface area contributed by atoms with Gasteiger partial charge in [0, 0.05) is 30.9 Å². The van der Waals surface area contributed by atoms with Crippen molar-refractivity contribution in [3.05, 3.63) is 57.7 Å². The van der Waals surface area contributed by atoms with Gasteiger partial charge in [-0.25, -0.2) is 9.97 Å². The molecular formula is C35H46N6O4S. The Morgan fingerprint density at radius 2 is 1.87 bits per heavy atom. The second-order valence-electron chi connectivity index (χ2n) is 14.8. The molecule has 1 aromatic carbocycles. The second-order valence-corrected chi connectivity index (χ2v) is 15.7. The summed E-state index contributed by atoms with van der Waals surface area (Å²) in [5.41, 5.74) is 4.48. The number of benzene rings is 1. The number of carbonyl (C=O) groups is 3. The highest BCUT2D eigenvalue weighted by atomic mass is 32.1. The van der Waals surface area contributed by atoms with Crippen molar-refractivity contribution < 1.29 is 19.5 Å². The molecule has 11 heteroatoms. The quantitative estimate of drug-likeness (QED) is 0.265. The molecule has 3 aliphatic rings. The number of carboxylic acids is 1. The number of aryl methyl sites for hydroxylation is 1. The van der Waals surface area contributed by atoms with E-state index < -0.39 is 5.97 Å². The summed E-state index contributed by atoms with van der Waals surface area (Å²) in [5.74, 6) is -0.839. The highest BCUT2D eigenvalue weighted by Crippen LogP contribution is 2.38. The molecule has 0 spiro atoms. The summed E-state index contributed by atoms with van der Waals surface area (Å²) >= 11 is 1.32. The van der Waals surface area contributed by atoms with Gasteiger partial charge in [-0.2, -0.15) is 0 Å². The number of fused-ring (bicyclic) bond motifs is 2. The van der Waals surface area contributed by atoms with E-state index in [2.05, 4.69) is 47.7 Å². The van der Waals surface area contributed by atoms with E-state index in [1.165, 1.54) is 16.9 Å². The molecule has 2 amide bonds. The second kappa shape index (κ2) is 13.0. The topological polar surface area (TPSA) is 137 Å². The van der Waals surface area contributed by atoms with E-state index >= 15 is 0 Å². The molecule has 6 rings (SSSR count). The molecule has 10 nitrogen and oxygen atoms in total. The summed E-state index contributed by atoms with van der Waals surface area (Å²) in [5, 5.41) is 19.3. The summed E-state index contributed by atoms with van der Waals surface area (Å²) in [7, 11) is 0. The molecule has 4 heterocycles. The first-order valence-corrected chi connectivity index (χ1v) is 17.4. The molecule has 0 bridgehead atoms. The van der Waals surface area contributed by atoms with Crippen LogP contribution in [-0.2, 0) is 17.6 Å². The number of aromatic nitrogens is 2.